The molecule has 0 aromatic carbocycles. The van der Waals surface area contributed by atoms with Crippen LogP contribution in [0.15, 0.2) is 27.8 Å². The molecule has 2 N–H and O–H groups in total. The number of nitrogens with zero attached hydrogens (tertiary/aromatic N) is 2. The number of halogens is 1. The zero-order chi connectivity index (χ0) is 15.8. The van der Waals surface area contributed by atoms with Crippen LogP contribution in [0.5, 0.6) is 0 Å². The van der Waals surface area contributed by atoms with Crippen molar-refractivity contribution in [3.05, 3.63) is 24.2 Å². The van der Waals surface area contributed by atoms with Gasteiger partial charge in [0.2, 0.25) is 0 Å². The number of piperidine rings is 1. The van der Waals surface area contributed by atoms with Gasteiger partial charge in [-0.1, -0.05) is 6.92 Å². The Balaban J connectivity index is 0.00000264. The van der Waals surface area contributed by atoms with Gasteiger partial charge in [-0.2, -0.15) is 0 Å². The van der Waals surface area contributed by atoms with Crippen LogP contribution in [0.2, 0.25) is 0 Å². The van der Waals surface area contributed by atoms with E-state index < -0.39 is 0 Å². The second kappa shape index (κ2) is 10.9. The minimum Gasteiger partial charge on any atom is -0.469 e. The summed E-state index contributed by atoms with van der Waals surface area (Å²) < 4.78 is 5.33. The van der Waals surface area contributed by atoms with Crippen molar-refractivity contribution in [2.75, 3.05) is 33.2 Å². The molecule has 132 valence electrons. The van der Waals surface area contributed by atoms with Gasteiger partial charge >= 0.3 is 0 Å². The van der Waals surface area contributed by atoms with Gasteiger partial charge < -0.3 is 15.1 Å². The number of furan rings is 1. The van der Waals surface area contributed by atoms with Crippen LogP contribution < -0.4 is 10.6 Å². The van der Waals surface area contributed by atoms with Crippen LogP contribution in [-0.2, 0) is 6.42 Å². The van der Waals surface area contributed by atoms with Crippen LogP contribution in [0.1, 0.15) is 32.4 Å². The van der Waals surface area contributed by atoms with E-state index in [1.54, 1.807) is 6.26 Å². The molecule has 0 saturated carbocycles. The van der Waals surface area contributed by atoms with Crippen LogP contribution >= 0.6 is 24.0 Å². The summed E-state index contributed by atoms with van der Waals surface area (Å²) in [5, 5.41) is 6.76. The zero-order valence-corrected chi connectivity index (χ0v) is 16.9. The van der Waals surface area contributed by atoms with Crippen LogP contribution in [0.4, 0.5) is 0 Å². The Morgan fingerprint density at radius 2 is 2.30 bits per heavy atom. The van der Waals surface area contributed by atoms with Crippen molar-refractivity contribution in [1.82, 2.24) is 15.5 Å². The fourth-order valence-electron chi connectivity index (χ4n) is 2.98. The van der Waals surface area contributed by atoms with Crippen LogP contribution in [-0.4, -0.2) is 50.1 Å². The lowest BCUT2D eigenvalue weighted by Gasteiger charge is -2.35. The van der Waals surface area contributed by atoms with E-state index in [1.807, 2.05) is 19.2 Å². The number of nitrogens with one attached hydrogen (secondary N) is 2. The van der Waals surface area contributed by atoms with Crippen molar-refractivity contribution in [2.24, 2.45) is 10.9 Å². The van der Waals surface area contributed by atoms with Gasteiger partial charge in [-0.3, -0.25) is 9.89 Å². The number of hydrogen-bond acceptors (Lipinski definition) is 3. The van der Waals surface area contributed by atoms with Gasteiger partial charge in [0.1, 0.15) is 5.76 Å². The van der Waals surface area contributed by atoms with Gasteiger partial charge in [-0.05, 0) is 44.4 Å². The van der Waals surface area contributed by atoms with E-state index in [1.165, 1.54) is 25.9 Å². The van der Waals surface area contributed by atoms with E-state index in [0.717, 1.165) is 37.1 Å². The molecular weight excluding hydrogens is 403 g/mol. The van der Waals surface area contributed by atoms with Crippen LogP contribution in [0.3, 0.4) is 0 Å². The molecule has 0 aliphatic carbocycles. The summed E-state index contributed by atoms with van der Waals surface area (Å²) in [6, 6.07) is 4.45. The molecule has 1 fully saturated rings. The molecule has 1 aliphatic rings. The van der Waals surface area contributed by atoms with Crippen molar-refractivity contribution in [2.45, 2.75) is 39.2 Å². The predicted molar refractivity (Wildman–Crippen MR) is 107 cm³/mol. The number of guanidine groups is 1. The Bertz CT molecular complexity index is 449. The first kappa shape index (κ1) is 20.3. The van der Waals surface area contributed by atoms with Gasteiger partial charge in [0.05, 0.1) is 6.26 Å². The normalized spacial score (nSPS) is 20.7. The summed E-state index contributed by atoms with van der Waals surface area (Å²) in [6.07, 6.45) is 5.27. The smallest absolute Gasteiger partial charge is 0.191 e. The third kappa shape index (κ3) is 7.12. The lowest BCUT2D eigenvalue weighted by atomic mass is 9.99. The molecule has 2 unspecified atom stereocenters. The standard InChI is InChI=1S/C17H30N4O.HI/c1-14-6-4-10-21(13-14)15(2)12-20-17(18-3)19-9-8-16-7-5-11-22-16;/h5,7,11,14-15H,4,6,8-10,12-13H2,1-3H3,(H2,18,19,20);1H. The molecule has 2 rings (SSSR count). The van der Waals surface area contributed by atoms with Gasteiger partial charge in [-0.15, -0.1) is 24.0 Å². The first-order chi connectivity index (χ1) is 10.7. The van der Waals surface area contributed by atoms with Gasteiger partial charge in [0.15, 0.2) is 5.96 Å². The Hall–Kier alpha value is -0.760. The van der Waals surface area contributed by atoms with E-state index in [4.69, 9.17) is 4.42 Å². The number of likely N-dealkylation sites (tertiary alicyclic amines) is 1. The van der Waals surface area contributed by atoms with Gasteiger partial charge in [0, 0.05) is 39.1 Å². The van der Waals surface area contributed by atoms with Crippen LogP contribution in [0.25, 0.3) is 0 Å². The van der Waals surface area contributed by atoms with E-state index >= 15 is 0 Å². The van der Waals surface area contributed by atoms with E-state index in [0.29, 0.717) is 6.04 Å². The molecule has 6 heteroatoms. The Morgan fingerprint density at radius 3 is 2.96 bits per heavy atom. The maximum atomic E-state index is 5.33. The van der Waals surface area contributed by atoms with Crippen molar-refractivity contribution in [1.29, 1.82) is 0 Å². The van der Waals surface area contributed by atoms with E-state index in [2.05, 4.69) is 34.4 Å². The van der Waals surface area contributed by atoms with Gasteiger partial charge in [-0.25, -0.2) is 0 Å². The summed E-state index contributed by atoms with van der Waals surface area (Å²) >= 11 is 0. The monoisotopic (exact) mass is 434 g/mol. The predicted octanol–water partition coefficient (Wildman–Crippen LogP) is 2.73. The largest absolute Gasteiger partial charge is 0.469 e. The average molecular weight is 434 g/mol. The number of hydrogen-bond donors (Lipinski definition) is 2. The molecule has 0 radical (unpaired) electrons. The molecule has 5 nitrogen and oxygen atoms in total. The molecular formula is C17H31IN4O. The third-order valence-electron chi connectivity index (χ3n) is 4.34. The minimum atomic E-state index is 0. The maximum Gasteiger partial charge on any atom is 0.191 e. The molecule has 1 aromatic heterocycles. The summed E-state index contributed by atoms with van der Waals surface area (Å²) in [4.78, 5) is 6.86. The van der Waals surface area contributed by atoms with E-state index in [-0.39, 0.29) is 24.0 Å². The molecule has 2 heterocycles. The summed E-state index contributed by atoms with van der Waals surface area (Å²) in [6.45, 7) is 8.82. The number of aliphatic imine (C=N–C) groups is 1. The second-order valence-corrected chi connectivity index (χ2v) is 6.30. The van der Waals surface area contributed by atoms with Crippen molar-refractivity contribution in [3.8, 4) is 0 Å². The molecule has 0 spiro atoms. The molecule has 1 aliphatic heterocycles. The Kier molecular flexibility index (Phi) is 9.62. The summed E-state index contributed by atoms with van der Waals surface area (Å²) in [5.41, 5.74) is 0. The maximum absolute atomic E-state index is 5.33. The Morgan fingerprint density at radius 1 is 1.48 bits per heavy atom. The average Bonchev–Trinajstić information content (AvgIpc) is 3.03. The Labute approximate surface area is 157 Å². The quantitative estimate of drug-likeness (QED) is 0.411. The summed E-state index contributed by atoms with van der Waals surface area (Å²) in [5.74, 6) is 2.68. The lowest BCUT2D eigenvalue weighted by Crippen LogP contribution is -2.48. The molecule has 0 bridgehead atoms. The first-order valence-corrected chi connectivity index (χ1v) is 8.40. The fraction of sp³-hybridized carbons (Fsp3) is 0.706. The van der Waals surface area contributed by atoms with Crippen LogP contribution in [0, 0.1) is 5.92 Å². The molecule has 23 heavy (non-hydrogen) atoms. The number of rotatable bonds is 6. The molecule has 1 saturated heterocycles. The second-order valence-electron chi connectivity index (χ2n) is 6.30. The first-order valence-electron chi connectivity index (χ1n) is 8.40. The minimum absolute atomic E-state index is 0. The highest BCUT2D eigenvalue weighted by atomic mass is 127. The highest BCUT2D eigenvalue weighted by Gasteiger charge is 2.20. The lowest BCUT2D eigenvalue weighted by molar-refractivity contribution is 0.139. The van der Waals surface area contributed by atoms with E-state index in [9.17, 15) is 0 Å². The van der Waals surface area contributed by atoms with Crippen molar-refractivity contribution < 1.29 is 4.42 Å². The molecule has 2 atom stereocenters. The zero-order valence-electron chi connectivity index (χ0n) is 14.5. The summed E-state index contributed by atoms with van der Waals surface area (Å²) in [7, 11) is 1.82. The molecule has 0 amide bonds. The third-order valence-corrected chi connectivity index (χ3v) is 4.34. The SMILES string of the molecule is CN=C(NCCc1ccco1)NCC(C)N1CCCC(C)C1.I. The topological polar surface area (TPSA) is 52.8 Å². The highest BCUT2D eigenvalue weighted by Crippen LogP contribution is 2.17. The van der Waals surface area contributed by atoms with Gasteiger partial charge in [0.25, 0.3) is 0 Å². The van der Waals surface area contributed by atoms with Crippen molar-refractivity contribution >= 4 is 29.9 Å². The molecule has 1 aromatic rings. The highest BCUT2D eigenvalue weighted by molar-refractivity contribution is 14.0. The van der Waals surface area contributed by atoms with Crippen molar-refractivity contribution in [3.63, 3.8) is 0 Å². The fourth-order valence-corrected chi connectivity index (χ4v) is 2.98.